The van der Waals surface area contributed by atoms with E-state index in [4.69, 9.17) is 0 Å². The largest absolute Gasteiger partial charge is 0.355 e. The summed E-state index contributed by atoms with van der Waals surface area (Å²) in [6.45, 7) is 4.68. The molecule has 2 amide bonds. The molecule has 134 valence electrons. The quantitative estimate of drug-likeness (QED) is 0.633. The van der Waals surface area contributed by atoms with Crippen molar-refractivity contribution in [3.05, 3.63) is 29.8 Å². The maximum atomic E-state index is 12.0. The molecular weight excluding hydrogens is 376 g/mol. The molecule has 6 nitrogen and oxygen atoms in total. The minimum atomic E-state index is -0.0843. The van der Waals surface area contributed by atoms with Crippen molar-refractivity contribution in [1.29, 1.82) is 0 Å². The third-order valence-corrected chi connectivity index (χ3v) is 6.11. The number of benzene rings is 1. The van der Waals surface area contributed by atoms with Crippen LogP contribution in [0, 0.1) is 6.92 Å². The number of nitrogens with one attached hydrogen (secondary N) is 2. The zero-order chi connectivity index (χ0) is 18.1. The van der Waals surface area contributed by atoms with E-state index >= 15 is 0 Å². The molecule has 0 aliphatic heterocycles. The summed E-state index contributed by atoms with van der Waals surface area (Å²) in [6.07, 6.45) is 0.917. The number of nitrogens with zero attached hydrogens (tertiary/aromatic N) is 2. The van der Waals surface area contributed by atoms with Crippen molar-refractivity contribution in [2.45, 2.75) is 28.9 Å². The van der Waals surface area contributed by atoms with Crippen LogP contribution in [0.5, 0.6) is 0 Å². The van der Waals surface area contributed by atoms with E-state index in [1.54, 1.807) is 0 Å². The molecule has 0 saturated carbocycles. The summed E-state index contributed by atoms with van der Waals surface area (Å²) in [5, 5.41) is 13.8. The van der Waals surface area contributed by atoms with Crippen LogP contribution in [-0.2, 0) is 9.59 Å². The Morgan fingerprint density at radius 2 is 1.80 bits per heavy atom. The SMILES string of the molecule is CCCNC(=O)CSc1nnc(SCC(=O)Nc2cccc(C)c2)s1. The second-order valence-corrected chi connectivity index (χ2v) is 8.60. The molecule has 2 rings (SSSR count). The zero-order valence-electron chi connectivity index (χ0n) is 14.1. The number of hydrogen-bond donors (Lipinski definition) is 2. The zero-order valence-corrected chi connectivity index (χ0v) is 16.5. The van der Waals surface area contributed by atoms with Gasteiger partial charge in [-0.1, -0.05) is 53.9 Å². The fourth-order valence-electron chi connectivity index (χ4n) is 1.80. The molecule has 1 aromatic heterocycles. The van der Waals surface area contributed by atoms with Gasteiger partial charge in [0.1, 0.15) is 0 Å². The Bertz CT molecular complexity index is 721. The molecule has 0 aliphatic carbocycles. The first-order valence-electron chi connectivity index (χ1n) is 7.79. The highest BCUT2D eigenvalue weighted by Gasteiger charge is 2.10. The summed E-state index contributed by atoms with van der Waals surface area (Å²) < 4.78 is 1.45. The summed E-state index contributed by atoms with van der Waals surface area (Å²) in [5.41, 5.74) is 1.89. The van der Waals surface area contributed by atoms with E-state index in [0.29, 0.717) is 12.3 Å². The molecule has 0 fully saturated rings. The normalized spacial score (nSPS) is 10.5. The fourth-order valence-corrected chi connectivity index (χ4v) is 4.45. The van der Waals surface area contributed by atoms with Crippen molar-refractivity contribution in [3.8, 4) is 0 Å². The number of hydrogen-bond acceptors (Lipinski definition) is 7. The number of carbonyl (C=O) groups is 2. The van der Waals surface area contributed by atoms with Crippen molar-refractivity contribution in [3.63, 3.8) is 0 Å². The van der Waals surface area contributed by atoms with E-state index in [0.717, 1.165) is 26.4 Å². The van der Waals surface area contributed by atoms with Gasteiger partial charge in [-0.15, -0.1) is 10.2 Å². The lowest BCUT2D eigenvalue weighted by Crippen LogP contribution is -2.25. The molecule has 0 saturated heterocycles. The van der Waals surface area contributed by atoms with Crippen LogP contribution in [0.2, 0.25) is 0 Å². The van der Waals surface area contributed by atoms with Crippen LogP contribution in [0.25, 0.3) is 0 Å². The summed E-state index contributed by atoms with van der Waals surface area (Å²) in [5.74, 6) is 0.505. The third kappa shape index (κ3) is 7.45. The van der Waals surface area contributed by atoms with Crippen molar-refractivity contribution in [2.24, 2.45) is 0 Å². The monoisotopic (exact) mass is 396 g/mol. The highest BCUT2D eigenvalue weighted by atomic mass is 32.2. The molecule has 2 N–H and O–H groups in total. The Balaban J connectivity index is 1.73. The van der Waals surface area contributed by atoms with Crippen LogP contribution < -0.4 is 10.6 Å². The van der Waals surface area contributed by atoms with E-state index in [2.05, 4.69) is 20.8 Å². The van der Waals surface area contributed by atoms with Gasteiger partial charge < -0.3 is 10.6 Å². The van der Waals surface area contributed by atoms with Gasteiger partial charge in [-0.3, -0.25) is 9.59 Å². The van der Waals surface area contributed by atoms with Crippen LogP contribution >= 0.6 is 34.9 Å². The molecule has 9 heteroatoms. The lowest BCUT2D eigenvalue weighted by atomic mass is 10.2. The van der Waals surface area contributed by atoms with Gasteiger partial charge >= 0.3 is 0 Å². The van der Waals surface area contributed by atoms with Gasteiger partial charge in [-0.05, 0) is 31.0 Å². The maximum Gasteiger partial charge on any atom is 0.234 e. The average molecular weight is 397 g/mol. The molecule has 2 aromatic rings. The van der Waals surface area contributed by atoms with Crippen LogP contribution in [0.4, 0.5) is 5.69 Å². The van der Waals surface area contributed by atoms with Crippen molar-refractivity contribution < 1.29 is 9.59 Å². The van der Waals surface area contributed by atoms with E-state index in [-0.39, 0.29) is 17.6 Å². The predicted octanol–water partition coefficient (Wildman–Crippen LogP) is 3.20. The smallest absolute Gasteiger partial charge is 0.234 e. The van der Waals surface area contributed by atoms with Gasteiger partial charge in [0.15, 0.2) is 8.68 Å². The number of carbonyl (C=O) groups excluding carboxylic acids is 2. The molecule has 1 heterocycles. The fraction of sp³-hybridized carbons (Fsp3) is 0.375. The summed E-state index contributed by atoms with van der Waals surface area (Å²) >= 11 is 4.09. The third-order valence-electron chi connectivity index (χ3n) is 2.92. The summed E-state index contributed by atoms with van der Waals surface area (Å²) in [4.78, 5) is 23.5. The Labute approximate surface area is 159 Å². The van der Waals surface area contributed by atoms with Crippen molar-refractivity contribution in [1.82, 2.24) is 15.5 Å². The predicted molar refractivity (Wildman–Crippen MR) is 104 cm³/mol. The first kappa shape index (κ1) is 19.7. The van der Waals surface area contributed by atoms with Crippen LogP contribution in [0.15, 0.2) is 32.9 Å². The highest BCUT2D eigenvalue weighted by molar-refractivity contribution is 8.03. The molecule has 1 aromatic carbocycles. The number of aryl methyl sites for hydroxylation is 1. The van der Waals surface area contributed by atoms with Crippen LogP contribution in [0.3, 0.4) is 0 Å². The minimum Gasteiger partial charge on any atom is -0.355 e. The van der Waals surface area contributed by atoms with E-state index < -0.39 is 0 Å². The number of aromatic nitrogens is 2. The number of anilines is 1. The van der Waals surface area contributed by atoms with Gasteiger partial charge in [-0.2, -0.15) is 0 Å². The Morgan fingerprint density at radius 3 is 2.44 bits per heavy atom. The highest BCUT2D eigenvalue weighted by Crippen LogP contribution is 2.28. The van der Waals surface area contributed by atoms with Crippen LogP contribution in [0.1, 0.15) is 18.9 Å². The number of rotatable bonds is 9. The minimum absolute atomic E-state index is 0.00575. The standard InChI is InChI=1S/C16H20N4O2S3/c1-3-7-17-13(21)9-23-15-19-20-16(25-15)24-10-14(22)18-12-6-4-5-11(2)8-12/h4-6,8H,3,7,9-10H2,1-2H3,(H,17,21)(H,18,22). The molecule has 0 atom stereocenters. The first-order valence-corrected chi connectivity index (χ1v) is 10.6. The molecule has 0 radical (unpaired) electrons. The maximum absolute atomic E-state index is 12.0. The van der Waals surface area contributed by atoms with Gasteiger partial charge in [0.2, 0.25) is 11.8 Å². The Morgan fingerprint density at radius 1 is 1.12 bits per heavy atom. The molecule has 0 spiro atoms. The molecule has 0 unspecified atom stereocenters. The van der Waals surface area contributed by atoms with Gasteiger partial charge in [0.05, 0.1) is 11.5 Å². The summed E-state index contributed by atoms with van der Waals surface area (Å²) in [6, 6.07) is 7.67. The Hall–Kier alpha value is -1.58. The van der Waals surface area contributed by atoms with Crippen LogP contribution in [-0.4, -0.2) is 40.1 Å². The molecule has 25 heavy (non-hydrogen) atoms. The Kier molecular flexibility index (Phi) is 8.23. The topological polar surface area (TPSA) is 84.0 Å². The number of amides is 2. The lowest BCUT2D eigenvalue weighted by molar-refractivity contribution is -0.118. The summed E-state index contributed by atoms with van der Waals surface area (Å²) in [7, 11) is 0. The van der Waals surface area contributed by atoms with Gasteiger partial charge in [-0.25, -0.2) is 0 Å². The van der Waals surface area contributed by atoms with Gasteiger partial charge in [0, 0.05) is 12.2 Å². The van der Waals surface area contributed by atoms with E-state index in [9.17, 15) is 9.59 Å². The molecule has 0 aliphatic rings. The first-order chi connectivity index (χ1) is 12.1. The van der Waals surface area contributed by atoms with Gasteiger partial charge in [0.25, 0.3) is 0 Å². The van der Waals surface area contributed by atoms with Crippen molar-refractivity contribution in [2.75, 3.05) is 23.4 Å². The van der Waals surface area contributed by atoms with E-state index in [1.165, 1.54) is 34.9 Å². The van der Waals surface area contributed by atoms with Crippen molar-refractivity contribution >= 4 is 52.4 Å². The second kappa shape index (κ2) is 10.4. The average Bonchev–Trinajstić information content (AvgIpc) is 3.04. The number of thioether (sulfide) groups is 2. The lowest BCUT2D eigenvalue weighted by Gasteiger charge is -2.04. The second-order valence-electron chi connectivity index (χ2n) is 5.18. The molecular formula is C16H20N4O2S3. The molecule has 0 bridgehead atoms. The van der Waals surface area contributed by atoms with E-state index in [1.807, 2.05) is 38.1 Å².